The number of hydrogen-bond donors (Lipinski definition) is 1. The maximum Gasteiger partial charge on any atom is 0.419 e. The van der Waals surface area contributed by atoms with E-state index in [1.54, 1.807) is 0 Å². The van der Waals surface area contributed by atoms with E-state index in [2.05, 4.69) is 18.7 Å². The summed E-state index contributed by atoms with van der Waals surface area (Å²) in [5.74, 6) is -1.16. The smallest absolute Gasteiger partial charge is 0.385 e. The van der Waals surface area contributed by atoms with Crippen LogP contribution < -0.4 is 0 Å². The van der Waals surface area contributed by atoms with E-state index in [9.17, 15) is 27.5 Å². The Kier molecular flexibility index (Phi) is 8.50. The Morgan fingerprint density at radius 1 is 0.905 bits per heavy atom. The Hall–Kier alpha value is -3.23. The van der Waals surface area contributed by atoms with Crippen molar-refractivity contribution in [1.82, 2.24) is 9.80 Å². The van der Waals surface area contributed by atoms with Crippen LogP contribution in [0.25, 0.3) is 0 Å². The van der Waals surface area contributed by atoms with Gasteiger partial charge in [-0.2, -0.15) is 13.2 Å². The topological polar surface area (TPSA) is 43.8 Å². The third kappa shape index (κ3) is 5.59. The van der Waals surface area contributed by atoms with Crippen molar-refractivity contribution in [1.29, 1.82) is 0 Å². The van der Waals surface area contributed by atoms with Crippen molar-refractivity contribution in [3.8, 4) is 0 Å². The summed E-state index contributed by atoms with van der Waals surface area (Å²) in [6, 6.07) is 22.9. The number of carbonyl (C=O) groups excluding carboxylic acids is 1. The first-order valence-corrected chi connectivity index (χ1v) is 14.7. The Labute approximate surface area is 245 Å². The molecule has 1 N–H and O–H groups in total. The second-order valence-corrected chi connectivity index (χ2v) is 12.0. The number of hydrogen-bond acceptors (Lipinski definition) is 3. The largest absolute Gasteiger partial charge is 0.419 e. The van der Waals surface area contributed by atoms with Crippen molar-refractivity contribution < 1.29 is 27.5 Å². The maximum absolute atomic E-state index is 14.3. The van der Waals surface area contributed by atoms with Gasteiger partial charge >= 0.3 is 6.18 Å². The van der Waals surface area contributed by atoms with Gasteiger partial charge < -0.3 is 14.9 Å². The van der Waals surface area contributed by atoms with Crippen molar-refractivity contribution in [2.45, 2.75) is 62.8 Å². The minimum Gasteiger partial charge on any atom is -0.385 e. The molecule has 2 aliphatic rings. The molecule has 3 aromatic rings. The minimum atomic E-state index is -4.82. The van der Waals surface area contributed by atoms with Crippen LogP contribution in [0.5, 0.6) is 0 Å². The fourth-order valence-corrected chi connectivity index (χ4v) is 6.93. The molecule has 2 saturated heterocycles. The molecule has 8 heteroatoms. The van der Waals surface area contributed by atoms with Crippen LogP contribution in [-0.4, -0.2) is 53.0 Å². The standard InChI is InChI=1S/C34H38F4N2O2/c1-24(2)40-23-28(33(31(40)41,25-10-5-3-6-11-25)26-12-7-4-8-13-26)14-9-19-39-20-17-32(42,18-21-39)27-15-16-30(35)29(22-27)34(36,37)38/h3-8,10-13,15-16,22,24,28,42H,9,14,17-21,23H2,1-2H3. The van der Waals surface area contributed by atoms with E-state index in [1.807, 2.05) is 65.6 Å². The monoisotopic (exact) mass is 582 g/mol. The van der Waals surface area contributed by atoms with Crippen LogP contribution in [0, 0.1) is 11.7 Å². The highest BCUT2D eigenvalue weighted by atomic mass is 19.4. The molecule has 1 amide bonds. The van der Waals surface area contributed by atoms with Gasteiger partial charge in [0.05, 0.1) is 11.2 Å². The van der Waals surface area contributed by atoms with E-state index in [0.29, 0.717) is 19.6 Å². The molecule has 224 valence electrons. The zero-order valence-corrected chi connectivity index (χ0v) is 24.1. The Balaban J connectivity index is 1.30. The second-order valence-electron chi connectivity index (χ2n) is 12.0. The van der Waals surface area contributed by atoms with Gasteiger partial charge in [0.25, 0.3) is 0 Å². The van der Waals surface area contributed by atoms with Crippen molar-refractivity contribution in [3.05, 3.63) is 107 Å². The Bertz CT molecular complexity index is 1330. The molecule has 1 atom stereocenters. The van der Waals surface area contributed by atoms with Crippen molar-refractivity contribution >= 4 is 5.91 Å². The molecule has 5 rings (SSSR count). The number of amides is 1. The normalized spacial score (nSPS) is 20.8. The van der Waals surface area contributed by atoms with Crippen molar-refractivity contribution in [2.75, 3.05) is 26.2 Å². The number of piperidine rings is 1. The highest BCUT2D eigenvalue weighted by molar-refractivity contribution is 5.95. The molecule has 2 fully saturated rings. The van der Waals surface area contributed by atoms with Gasteiger partial charge in [0, 0.05) is 25.7 Å². The van der Waals surface area contributed by atoms with E-state index in [-0.39, 0.29) is 36.3 Å². The minimum absolute atomic E-state index is 0.0546. The fourth-order valence-electron chi connectivity index (χ4n) is 6.93. The average molecular weight is 583 g/mol. The first-order valence-electron chi connectivity index (χ1n) is 14.7. The van der Waals surface area contributed by atoms with E-state index in [1.165, 1.54) is 6.07 Å². The van der Waals surface area contributed by atoms with Crippen molar-refractivity contribution in [2.24, 2.45) is 5.92 Å². The van der Waals surface area contributed by atoms with Gasteiger partial charge in [0.15, 0.2) is 0 Å². The first kappa shape index (κ1) is 30.2. The molecule has 4 nitrogen and oxygen atoms in total. The zero-order valence-electron chi connectivity index (χ0n) is 24.1. The van der Waals surface area contributed by atoms with Crippen LogP contribution in [-0.2, 0) is 22.0 Å². The SMILES string of the molecule is CC(C)N1CC(CCCN2CCC(O)(c3ccc(F)c(C(F)(F)F)c3)CC2)C(c2ccccc2)(c2ccccc2)C1=O. The van der Waals surface area contributed by atoms with E-state index in [4.69, 9.17) is 0 Å². The van der Waals surface area contributed by atoms with Crippen LogP contribution >= 0.6 is 0 Å². The average Bonchev–Trinajstić information content (AvgIpc) is 3.27. The maximum atomic E-state index is 14.3. The number of rotatable bonds is 8. The van der Waals surface area contributed by atoms with Crippen molar-refractivity contribution in [3.63, 3.8) is 0 Å². The lowest BCUT2D eigenvalue weighted by atomic mass is 9.66. The summed E-state index contributed by atoms with van der Waals surface area (Å²) in [5, 5.41) is 11.2. The molecular weight excluding hydrogens is 544 g/mol. The fraction of sp³-hybridized carbons (Fsp3) is 0.441. The van der Waals surface area contributed by atoms with Crippen LogP contribution in [0.1, 0.15) is 61.8 Å². The highest BCUT2D eigenvalue weighted by Crippen LogP contribution is 2.48. The quantitative estimate of drug-likeness (QED) is 0.299. The lowest BCUT2D eigenvalue weighted by Gasteiger charge is -2.39. The third-order valence-corrected chi connectivity index (χ3v) is 9.23. The summed E-state index contributed by atoms with van der Waals surface area (Å²) in [6.45, 7) is 6.54. The van der Waals surface area contributed by atoms with Gasteiger partial charge in [0.2, 0.25) is 5.91 Å². The van der Waals surface area contributed by atoms with Gasteiger partial charge in [-0.25, -0.2) is 4.39 Å². The molecule has 3 aromatic carbocycles. The summed E-state index contributed by atoms with van der Waals surface area (Å²) in [5.41, 5.74) is -1.48. The van der Waals surface area contributed by atoms with Gasteiger partial charge in [0.1, 0.15) is 11.2 Å². The number of likely N-dealkylation sites (tertiary alicyclic amines) is 2. The highest BCUT2D eigenvalue weighted by Gasteiger charge is 2.56. The van der Waals surface area contributed by atoms with Gasteiger partial charge in [-0.1, -0.05) is 66.7 Å². The molecule has 0 saturated carbocycles. The van der Waals surface area contributed by atoms with Crippen LogP contribution in [0.4, 0.5) is 17.6 Å². The number of aliphatic hydroxyl groups is 1. The predicted molar refractivity (Wildman–Crippen MR) is 154 cm³/mol. The molecule has 1 unspecified atom stereocenters. The molecule has 2 heterocycles. The lowest BCUT2D eigenvalue weighted by molar-refractivity contribution is -0.140. The molecule has 0 aliphatic carbocycles. The third-order valence-electron chi connectivity index (χ3n) is 9.23. The Morgan fingerprint density at radius 2 is 1.48 bits per heavy atom. The second kappa shape index (κ2) is 11.8. The van der Waals surface area contributed by atoms with E-state index in [0.717, 1.165) is 42.6 Å². The number of alkyl halides is 3. The summed E-state index contributed by atoms with van der Waals surface area (Å²) in [4.78, 5) is 18.5. The number of nitrogens with zero attached hydrogens (tertiary/aromatic N) is 2. The van der Waals surface area contributed by atoms with Crippen LogP contribution in [0.15, 0.2) is 78.9 Å². The van der Waals surface area contributed by atoms with Gasteiger partial charge in [-0.05, 0) is 80.8 Å². The molecule has 0 radical (unpaired) electrons. The molecule has 0 spiro atoms. The number of benzene rings is 3. The molecule has 0 bridgehead atoms. The molecular formula is C34H38F4N2O2. The first-order chi connectivity index (χ1) is 20.0. The summed E-state index contributed by atoms with van der Waals surface area (Å²) >= 11 is 0. The molecule has 0 aromatic heterocycles. The Morgan fingerprint density at radius 3 is 2.00 bits per heavy atom. The van der Waals surface area contributed by atoms with E-state index >= 15 is 0 Å². The predicted octanol–water partition coefficient (Wildman–Crippen LogP) is 6.76. The number of halogens is 4. The lowest BCUT2D eigenvalue weighted by Crippen LogP contribution is -2.44. The number of carbonyl (C=O) groups is 1. The summed E-state index contributed by atoms with van der Waals surface area (Å²) in [7, 11) is 0. The van der Waals surface area contributed by atoms with E-state index < -0.39 is 28.6 Å². The van der Waals surface area contributed by atoms with Gasteiger partial charge in [-0.3, -0.25) is 4.79 Å². The molecule has 42 heavy (non-hydrogen) atoms. The zero-order chi connectivity index (χ0) is 30.1. The van der Waals surface area contributed by atoms with Crippen LogP contribution in [0.3, 0.4) is 0 Å². The van der Waals surface area contributed by atoms with Crippen LogP contribution in [0.2, 0.25) is 0 Å². The summed E-state index contributed by atoms with van der Waals surface area (Å²) in [6.07, 6.45) is -2.66. The van der Waals surface area contributed by atoms with Gasteiger partial charge in [-0.15, -0.1) is 0 Å². The summed E-state index contributed by atoms with van der Waals surface area (Å²) < 4.78 is 53.6. The molecule has 2 aliphatic heterocycles.